The molecule has 0 spiro atoms. The minimum Gasteiger partial charge on any atom is -0.362 e. The highest BCUT2D eigenvalue weighted by Gasteiger charge is 2.21. The van der Waals surface area contributed by atoms with Crippen LogP contribution in [0.3, 0.4) is 0 Å². The van der Waals surface area contributed by atoms with E-state index in [4.69, 9.17) is 0 Å². The molecule has 5 heteroatoms. The Morgan fingerprint density at radius 1 is 1.47 bits per heavy atom. The van der Waals surface area contributed by atoms with Crippen molar-refractivity contribution >= 4 is 22.8 Å². The van der Waals surface area contributed by atoms with E-state index in [9.17, 15) is 4.79 Å². The third-order valence-electron chi connectivity index (χ3n) is 3.18. The Labute approximate surface area is 107 Å². The van der Waals surface area contributed by atoms with Gasteiger partial charge in [0.2, 0.25) is 5.91 Å². The maximum atomic E-state index is 11.8. The second kappa shape index (κ2) is 5.76. The lowest BCUT2D eigenvalue weighted by atomic mass is 10.2. The van der Waals surface area contributed by atoms with Crippen LogP contribution in [0, 0.1) is 0 Å². The maximum absolute atomic E-state index is 11.8. The van der Waals surface area contributed by atoms with Gasteiger partial charge in [-0.15, -0.1) is 0 Å². The molecule has 1 N–H and O–H groups in total. The lowest BCUT2D eigenvalue weighted by Gasteiger charge is -2.27. The highest BCUT2D eigenvalue weighted by Crippen LogP contribution is 2.22. The van der Waals surface area contributed by atoms with Gasteiger partial charge in [0.1, 0.15) is 6.54 Å². The fourth-order valence-electron chi connectivity index (χ4n) is 2.33. The summed E-state index contributed by atoms with van der Waals surface area (Å²) < 4.78 is 0. The lowest BCUT2D eigenvalue weighted by molar-refractivity contribution is -0.128. The molecule has 2 fully saturated rings. The average Bonchev–Trinajstić information content (AvgIpc) is 2.78. The minimum atomic E-state index is 0.170. The smallest absolute Gasteiger partial charge is 0.244 e. The van der Waals surface area contributed by atoms with E-state index in [1.807, 2.05) is 4.90 Å². The van der Waals surface area contributed by atoms with Gasteiger partial charge in [-0.25, -0.2) is 0 Å². The molecule has 0 aliphatic carbocycles. The molecule has 2 saturated heterocycles. The third kappa shape index (κ3) is 3.63. The van der Waals surface area contributed by atoms with E-state index in [-0.39, 0.29) is 5.91 Å². The van der Waals surface area contributed by atoms with E-state index >= 15 is 0 Å². The molecule has 17 heavy (non-hydrogen) atoms. The van der Waals surface area contributed by atoms with Gasteiger partial charge in [-0.3, -0.25) is 9.79 Å². The van der Waals surface area contributed by atoms with Gasteiger partial charge in [-0.1, -0.05) is 18.7 Å². The number of hydrogen-bond donors (Lipinski definition) is 1. The number of amides is 1. The number of thioether (sulfide) groups is 1. The van der Waals surface area contributed by atoms with Crippen molar-refractivity contribution in [3.05, 3.63) is 0 Å². The van der Waals surface area contributed by atoms with Crippen LogP contribution in [0.25, 0.3) is 0 Å². The molecule has 1 amide bonds. The van der Waals surface area contributed by atoms with Crippen molar-refractivity contribution in [2.45, 2.75) is 44.4 Å². The highest BCUT2D eigenvalue weighted by molar-refractivity contribution is 8.14. The molecule has 0 radical (unpaired) electrons. The molecule has 2 rings (SSSR count). The molecular weight excluding hydrogens is 234 g/mol. The van der Waals surface area contributed by atoms with Crippen molar-refractivity contribution in [3.8, 4) is 0 Å². The average molecular weight is 255 g/mol. The van der Waals surface area contributed by atoms with Crippen LogP contribution in [0.5, 0.6) is 0 Å². The molecule has 0 aromatic carbocycles. The largest absolute Gasteiger partial charge is 0.362 e. The molecule has 2 unspecified atom stereocenters. The summed E-state index contributed by atoms with van der Waals surface area (Å²) in [6.07, 6.45) is 3.44. The Balaban J connectivity index is 1.84. The third-order valence-corrected chi connectivity index (χ3v) is 4.25. The summed E-state index contributed by atoms with van der Waals surface area (Å²) in [4.78, 5) is 18.2. The first-order valence-electron chi connectivity index (χ1n) is 6.40. The van der Waals surface area contributed by atoms with Gasteiger partial charge in [0.15, 0.2) is 5.17 Å². The van der Waals surface area contributed by atoms with Crippen LogP contribution in [0.15, 0.2) is 4.99 Å². The molecule has 0 aromatic rings. The van der Waals surface area contributed by atoms with Gasteiger partial charge >= 0.3 is 0 Å². The van der Waals surface area contributed by atoms with Crippen LogP contribution >= 0.6 is 11.8 Å². The number of nitrogens with zero attached hydrogens (tertiary/aromatic N) is 2. The molecule has 4 nitrogen and oxygen atoms in total. The number of aliphatic imine (C=N–C) groups is 1. The molecule has 2 aliphatic rings. The molecule has 96 valence electrons. The molecule has 2 heterocycles. The van der Waals surface area contributed by atoms with E-state index < -0.39 is 0 Å². The summed E-state index contributed by atoms with van der Waals surface area (Å²) in [6.45, 7) is 6.50. The molecular formula is C12H21N3OS. The summed E-state index contributed by atoms with van der Waals surface area (Å²) in [5, 5.41) is 4.86. The van der Waals surface area contributed by atoms with Crippen LogP contribution < -0.4 is 5.32 Å². The van der Waals surface area contributed by atoms with E-state index in [1.54, 1.807) is 11.8 Å². The van der Waals surface area contributed by atoms with Gasteiger partial charge in [0.05, 0.1) is 0 Å². The minimum absolute atomic E-state index is 0.170. The van der Waals surface area contributed by atoms with Crippen LogP contribution in [-0.4, -0.2) is 46.9 Å². The Hall–Kier alpha value is -0.710. The lowest BCUT2D eigenvalue weighted by Crippen LogP contribution is -2.39. The number of carbonyl (C=O) groups excluding carboxylic acids is 1. The maximum Gasteiger partial charge on any atom is 0.244 e. The normalized spacial score (nSPS) is 31.6. The molecule has 0 bridgehead atoms. The fourth-order valence-corrected chi connectivity index (χ4v) is 3.50. The fraction of sp³-hybridized carbons (Fsp3) is 0.833. The van der Waals surface area contributed by atoms with E-state index in [0.29, 0.717) is 17.8 Å². The van der Waals surface area contributed by atoms with Crippen molar-refractivity contribution in [1.82, 2.24) is 10.2 Å². The van der Waals surface area contributed by atoms with Crippen LogP contribution in [0.2, 0.25) is 0 Å². The first-order valence-corrected chi connectivity index (χ1v) is 7.28. The first kappa shape index (κ1) is 12.7. The van der Waals surface area contributed by atoms with Crippen molar-refractivity contribution in [2.75, 3.05) is 19.6 Å². The summed E-state index contributed by atoms with van der Waals surface area (Å²) in [7, 11) is 0. The Morgan fingerprint density at radius 2 is 2.18 bits per heavy atom. The quantitative estimate of drug-likeness (QED) is 0.812. The van der Waals surface area contributed by atoms with Crippen LogP contribution in [0.4, 0.5) is 0 Å². The number of hydrogen-bond acceptors (Lipinski definition) is 3. The summed E-state index contributed by atoms with van der Waals surface area (Å²) in [5.74, 6) is 0.170. The molecule has 0 aromatic heterocycles. The van der Waals surface area contributed by atoms with Crippen molar-refractivity contribution in [1.29, 1.82) is 0 Å². The van der Waals surface area contributed by atoms with Gasteiger partial charge in [-0.2, -0.15) is 0 Å². The zero-order chi connectivity index (χ0) is 12.3. The number of nitrogens with one attached hydrogen (secondary N) is 1. The Bertz CT molecular complexity index is 301. The summed E-state index contributed by atoms with van der Waals surface area (Å²) in [6, 6.07) is 0.465. The summed E-state index contributed by atoms with van der Waals surface area (Å²) in [5.41, 5.74) is 0. The summed E-state index contributed by atoms with van der Waals surface area (Å²) >= 11 is 1.74. The van der Waals surface area contributed by atoms with Crippen molar-refractivity contribution in [3.63, 3.8) is 0 Å². The molecule has 0 saturated carbocycles. The number of carbonyl (C=O) groups is 1. The molecule has 2 aliphatic heterocycles. The van der Waals surface area contributed by atoms with Gasteiger partial charge in [0, 0.05) is 24.4 Å². The standard InChI is InChI=1S/C12H21N3OS/c1-9-7-10(2)17-12(14-9)13-8-11(16)15-5-3-4-6-15/h9-10H,3-8H2,1-2H3,(H,13,14). The van der Waals surface area contributed by atoms with Crippen LogP contribution in [-0.2, 0) is 4.79 Å². The Kier molecular flexibility index (Phi) is 4.31. The van der Waals surface area contributed by atoms with E-state index in [0.717, 1.165) is 37.5 Å². The second-order valence-electron chi connectivity index (χ2n) is 4.92. The number of amidine groups is 1. The topological polar surface area (TPSA) is 44.7 Å². The van der Waals surface area contributed by atoms with Crippen LogP contribution in [0.1, 0.15) is 33.1 Å². The number of likely N-dealkylation sites (tertiary alicyclic amines) is 1. The number of rotatable bonds is 2. The van der Waals surface area contributed by atoms with Gasteiger partial charge in [-0.05, 0) is 26.2 Å². The second-order valence-corrected chi connectivity index (χ2v) is 6.35. The van der Waals surface area contributed by atoms with Gasteiger partial charge < -0.3 is 10.2 Å². The molecule has 2 atom stereocenters. The first-order chi connectivity index (χ1) is 8.15. The van der Waals surface area contributed by atoms with Crippen molar-refractivity contribution in [2.24, 2.45) is 4.99 Å². The van der Waals surface area contributed by atoms with E-state index in [2.05, 4.69) is 24.2 Å². The highest BCUT2D eigenvalue weighted by atomic mass is 32.2. The zero-order valence-electron chi connectivity index (χ0n) is 10.6. The predicted octanol–water partition coefficient (Wildman–Crippen LogP) is 1.47. The zero-order valence-corrected chi connectivity index (χ0v) is 11.4. The van der Waals surface area contributed by atoms with Crippen molar-refractivity contribution < 1.29 is 4.79 Å². The Morgan fingerprint density at radius 3 is 2.82 bits per heavy atom. The monoisotopic (exact) mass is 255 g/mol. The SMILES string of the molecule is CC1CC(C)SC(=NCC(=O)N2CCCC2)N1. The van der Waals surface area contributed by atoms with Gasteiger partial charge in [0.25, 0.3) is 0 Å². The van der Waals surface area contributed by atoms with E-state index in [1.165, 1.54) is 0 Å². The predicted molar refractivity (Wildman–Crippen MR) is 72.4 cm³/mol.